The van der Waals surface area contributed by atoms with Crippen LogP contribution in [0.15, 0.2) is 22.3 Å². The number of thioether (sulfide) groups is 1. The molecule has 1 aromatic rings. The molecule has 6 nitrogen and oxygen atoms in total. The van der Waals surface area contributed by atoms with Crippen molar-refractivity contribution in [3.8, 4) is 6.07 Å². The zero-order valence-electron chi connectivity index (χ0n) is 11.4. The standard InChI is InChI=1S/C13H12FN5OS/c1-19(2)10-4-3-8(12(14)9(10)5-15)6-16-18-13-17-11(20)7-21-13/h3-4,6H,7H2,1-2H3,(H,17,18,20). The molecular formula is C13H12FN5OS. The van der Waals surface area contributed by atoms with Crippen molar-refractivity contribution in [1.29, 1.82) is 5.26 Å². The van der Waals surface area contributed by atoms with Gasteiger partial charge in [-0.25, -0.2) is 4.39 Å². The predicted octanol–water partition coefficient (Wildman–Crippen LogP) is 1.32. The molecular weight excluding hydrogens is 293 g/mol. The number of nitriles is 1. The number of carbonyl (C=O) groups excluding carboxylic acids is 1. The molecule has 1 N–H and O–H groups in total. The first kappa shape index (κ1) is 15.0. The molecule has 1 heterocycles. The van der Waals surface area contributed by atoms with Gasteiger partial charge in [0.2, 0.25) is 5.91 Å². The van der Waals surface area contributed by atoms with Crippen molar-refractivity contribution in [1.82, 2.24) is 5.32 Å². The molecule has 1 amide bonds. The average molecular weight is 305 g/mol. The molecule has 1 aliphatic rings. The Kier molecular flexibility index (Phi) is 4.55. The molecule has 108 valence electrons. The topological polar surface area (TPSA) is 80.8 Å². The molecule has 1 fully saturated rings. The molecule has 0 atom stereocenters. The lowest BCUT2D eigenvalue weighted by Gasteiger charge is -2.15. The molecule has 8 heteroatoms. The zero-order valence-corrected chi connectivity index (χ0v) is 12.2. The van der Waals surface area contributed by atoms with Crippen LogP contribution in [0.5, 0.6) is 0 Å². The van der Waals surface area contributed by atoms with Gasteiger partial charge in [0.05, 0.1) is 17.7 Å². The maximum Gasteiger partial charge on any atom is 0.236 e. The number of anilines is 1. The molecule has 0 saturated carbocycles. The molecule has 0 unspecified atom stereocenters. The van der Waals surface area contributed by atoms with Crippen molar-refractivity contribution in [3.63, 3.8) is 0 Å². The largest absolute Gasteiger partial charge is 0.377 e. The molecule has 0 aliphatic carbocycles. The minimum absolute atomic E-state index is 0.0415. The van der Waals surface area contributed by atoms with E-state index in [4.69, 9.17) is 5.26 Å². The van der Waals surface area contributed by atoms with Gasteiger partial charge in [-0.15, -0.1) is 5.10 Å². The minimum atomic E-state index is -0.643. The summed E-state index contributed by atoms with van der Waals surface area (Å²) < 4.78 is 14.2. The maximum atomic E-state index is 14.2. The van der Waals surface area contributed by atoms with Crippen LogP contribution < -0.4 is 10.2 Å². The van der Waals surface area contributed by atoms with Gasteiger partial charge in [0.1, 0.15) is 11.6 Å². The number of benzene rings is 1. The number of carbonyl (C=O) groups is 1. The smallest absolute Gasteiger partial charge is 0.236 e. The van der Waals surface area contributed by atoms with Gasteiger partial charge in [-0.3, -0.25) is 4.79 Å². The van der Waals surface area contributed by atoms with E-state index in [1.165, 1.54) is 24.0 Å². The monoisotopic (exact) mass is 305 g/mol. The second-order valence-corrected chi connectivity index (χ2v) is 5.32. The lowest BCUT2D eigenvalue weighted by atomic mass is 10.1. The lowest BCUT2D eigenvalue weighted by molar-refractivity contribution is -0.116. The van der Waals surface area contributed by atoms with E-state index in [0.29, 0.717) is 16.6 Å². The van der Waals surface area contributed by atoms with Crippen LogP contribution in [0, 0.1) is 17.1 Å². The summed E-state index contributed by atoms with van der Waals surface area (Å²) in [4.78, 5) is 12.6. The van der Waals surface area contributed by atoms with Crippen LogP contribution in [0.25, 0.3) is 0 Å². The van der Waals surface area contributed by atoms with E-state index in [0.717, 1.165) is 0 Å². The predicted molar refractivity (Wildman–Crippen MR) is 81.1 cm³/mol. The van der Waals surface area contributed by atoms with Crippen LogP contribution in [0.3, 0.4) is 0 Å². The van der Waals surface area contributed by atoms with Gasteiger partial charge in [-0.2, -0.15) is 10.4 Å². The highest BCUT2D eigenvalue weighted by Gasteiger charge is 2.16. The summed E-state index contributed by atoms with van der Waals surface area (Å²) in [6.45, 7) is 0. The van der Waals surface area contributed by atoms with E-state index < -0.39 is 5.82 Å². The van der Waals surface area contributed by atoms with Crippen LogP contribution in [0.4, 0.5) is 10.1 Å². The van der Waals surface area contributed by atoms with Crippen molar-refractivity contribution in [2.45, 2.75) is 0 Å². The number of halogens is 1. The van der Waals surface area contributed by atoms with Crippen LogP contribution >= 0.6 is 11.8 Å². The van der Waals surface area contributed by atoms with Gasteiger partial charge in [0.15, 0.2) is 11.0 Å². The highest BCUT2D eigenvalue weighted by Crippen LogP contribution is 2.22. The van der Waals surface area contributed by atoms with Crippen molar-refractivity contribution >= 4 is 34.7 Å². The Balaban J connectivity index is 2.25. The first-order valence-corrected chi connectivity index (χ1v) is 6.95. The highest BCUT2D eigenvalue weighted by molar-refractivity contribution is 8.15. The summed E-state index contributed by atoms with van der Waals surface area (Å²) in [5.41, 5.74) is 0.619. The fraction of sp³-hybridized carbons (Fsp3) is 0.231. The third kappa shape index (κ3) is 3.38. The summed E-state index contributed by atoms with van der Waals surface area (Å²) in [7, 11) is 3.46. The highest BCUT2D eigenvalue weighted by atomic mass is 32.2. The maximum absolute atomic E-state index is 14.2. The normalized spacial score (nSPS) is 16.3. The third-order valence-corrected chi connectivity index (χ3v) is 3.54. The lowest BCUT2D eigenvalue weighted by Crippen LogP contribution is -2.19. The van der Waals surface area contributed by atoms with Gasteiger partial charge in [0, 0.05) is 19.7 Å². The molecule has 1 saturated heterocycles. The zero-order chi connectivity index (χ0) is 15.4. The van der Waals surface area contributed by atoms with Crippen molar-refractivity contribution in [2.75, 3.05) is 24.7 Å². The van der Waals surface area contributed by atoms with Gasteiger partial charge >= 0.3 is 0 Å². The van der Waals surface area contributed by atoms with Crippen LogP contribution in [-0.4, -0.2) is 37.1 Å². The van der Waals surface area contributed by atoms with Gasteiger partial charge in [0.25, 0.3) is 0 Å². The fourth-order valence-electron chi connectivity index (χ4n) is 1.68. The summed E-state index contributed by atoms with van der Waals surface area (Å²) in [5.74, 6) is -0.475. The van der Waals surface area contributed by atoms with Gasteiger partial charge < -0.3 is 10.2 Å². The molecule has 1 aromatic carbocycles. The Labute approximate surface area is 125 Å². The van der Waals surface area contributed by atoms with E-state index in [-0.39, 0.29) is 17.0 Å². The number of hydrogen-bond acceptors (Lipinski definition) is 6. The van der Waals surface area contributed by atoms with E-state index in [1.807, 2.05) is 6.07 Å². The molecule has 0 aromatic heterocycles. The summed E-state index contributed by atoms with van der Waals surface area (Å²) in [5, 5.41) is 19.5. The second-order valence-electron chi connectivity index (χ2n) is 4.36. The van der Waals surface area contributed by atoms with E-state index in [1.54, 1.807) is 25.1 Å². The van der Waals surface area contributed by atoms with E-state index in [9.17, 15) is 9.18 Å². The Morgan fingerprint density at radius 3 is 2.86 bits per heavy atom. The van der Waals surface area contributed by atoms with E-state index >= 15 is 0 Å². The van der Waals surface area contributed by atoms with Crippen molar-refractivity contribution in [2.24, 2.45) is 10.2 Å². The number of amides is 1. The van der Waals surface area contributed by atoms with Gasteiger partial charge in [-0.1, -0.05) is 11.8 Å². The molecule has 0 bridgehead atoms. The second kappa shape index (κ2) is 6.37. The SMILES string of the molecule is CN(C)c1ccc(C=NN=C2NC(=O)CS2)c(F)c1C#N. The summed E-state index contributed by atoms with van der Waals surface area (Å²) in [6.07, 6.45) is 1.22. The third-order valence-electron chi connectivity index (χ3n) is 2.68. The molecule has 0 spiro atoms. The van der Waals surface area contributed by atoms with Gasteiger partial charge in [-0.05, 0) is 12.1 Å². The Bertz CT molecular complexity index is 678. The molecule has 0 radical (unpaired) electrons. The summed E-state index contributed by atoms with van der Waals surface area (Å²) in [6, 6.07) is 5.01. The average Bonchev–Trinajstić information content (AvgIpc) is 2.85. The number of amidine groups is 1. The van der Waals surface area contributed by atoms with Crippen molar-refractivity contribution in [3.05, 3.63) is 29.1 Å². The number of nitrogens with one attached hydrogen (secondary N) is 1. The number of rotatable bonds is 3. The minimum Gasteiger partial charge on any atom is -0.377 e. The first-order chi connectivity index (χ1) is 10.0. The first-order valence-electron chi connectivity index (χ1n) is 5.96. The van der Waals surface area contributed by atoms with Crippen LogP contribution in [0.2, 0.25) is 0 Å². The van der Waals surface area contributed by atoms with E-state index in [2.05, 4.69) is 15.5 Å². The van der Waals surface area contributed by atoms with Crippen LogP contribution in [-0.2, 0) is 4.79 Å². The number of hydrogen-bond donors (Lipinski definition) is 1. The summed E-state index contributed by atoms with van der Waals surface area (Å²) >= 11 is 1.23. The Morgan fingerprint density at radius 1 is 1.52 bits per heavy atom. The number of nitrogens with zero attached hydrogens (tertiary/aromatic N) is 4. The quantitative estimate of drug-likeness (QED) is 0.674. The van der Waals surface area contributed by atoms with Crippen molar-refractivity contribution < 1.29 is 9.18 Å². The molecule has 2 rings (SSSR count). The Morgan fingerprint density at radius 2 is 2.29 bits per heavy atom. The molecule has 21 heavy (non-hydrogen) atoms. The Hall–Kier alpha value is -2.40. The fourth-order valence-corrected chi connectivity index (χ4v) is 2.31. The van der Waals surface area contributed by atoms with Crippen LogP contribution in [0.1, 0.15) is 11.1 Å². The molecule has 1 aliphatic heterocycles.